The minimum atomic E-state index is -0.482. The lowest BCUT2D eigenvalue weighted by molar-refractivity contribution is -0.00191. The van der Waals surface area contributed by atoms with E-state index in [0.717, 1.165) is 116 Å². The third-order valence-corrected chi connectivity index (χ3v) is 13.3. The molecule has 10 rings (SSSR count). The summed E-state index contributed by atoms with van der Waals surface area (Å²) in [5.41, 5.74) is 14.8. The van der Waals surface area contributed by atoms with Crippen LogP contribution >= 0.6 is 0 Å². The van der Waals surface area contributed by atoms with E-state index in [1.54, 1.807) is 6.07 Å². The molecule has 0 amide bonds. The Bertz CT molecular complexity index is 2080. The number of aryl methyl sites for hydroxylation is 1. The van der Waals surface area contributed by atoms with E-state index < -0.39 is 6.10 Å². The Morgan fingerprint density at radius 2 is 1.91 bits per heavy atom. The second-order valence-corrected chi connectivity index (χ2v) is 16.5. The summed E-state index contributed by atoms with van der Waals surface area (Å²) in [5.74, 6) is 2.13. The lowest BCUT2D eigenvalue weighted by Gasteiger charge is -2.49. The summed E-state index contributed by atoms with van der Waals surface area (Å²) in [6.07, 6.45) is 17.9. The van der Waals surface area contributed by atoms with Gasteiger partial charge in [-0.3, -0.25) is 0 Å². The Balaban J connectivity index is 1.21. The number of phenols is 1. The number of aliphatic hydroxyl groups is 1. The molecule has 1 fully saturated rings. The van der Waals surface area contributed by atoms with Crippen LogP contribution in [-0.4, -0.2) is 53.0 Å². The van der Waals surface area contributed by atoms with Crippen molar-refractivity contribution >= 4 is 16.6 Å². The number of ether oxygens (including phenoxy) is 3. The van der Waals surface area contributed by atoms with Crippen LogP contribution in [0.5, 0.6) is 11.5 Å². The molecule has 0 radical (unpaired) electrons. The lowest BCUT2D eigenvalue weighted by atomic mass is 9.57. The highest BCUT2D eigenvalue weighted by Gasteiger charge is 2.47. The molecule has 2 aliphatic carbocycles. The number of aromatic hydroxyl groups is 1. The van der Waals surface area contributed by atoms with Crippen LogP contribution in [0.15, 0.2) is 78.6 Å². The van der Waals surface area contributed by atoms with Crippen LogP contribution < -0.4 is 15.8 Å². The highest BCUT2D eigenvalue weighted by molar-refractivity contribution is 5.88. The third kappa shape index (κ3) is 6.45. The Kier molecular flexibility index (Phi) is 9.81. The predicted octanol–water partition coefficient (Wildman–Crippen LogP) is 7.64. The summed E-state index contributed by atoms with van der Waals surface area (Å²) in [6.45, 7) is 4.42. The predicted molar refractivity (Wildman–Crippen MR) is 212 cm³/mol. The van der Waals surface area contributed by atoms with Gasteiger partial charge in [-0.05, 0) is 109 Å². The van der Waals surface area contributed by atoms with Crippen molar-refractivity contribution < 1.29 is 24.4 Å². The van der Waals surface area contributed by atoms with E-state index in [2.05, 4.69) is 71.7 Å². The fourth-order valence-electron chi connectivity index (χ4n) is 10.4. The number of benzene rings is 3. The number of nitrogens with one attached hydrogen (secondary N) is 1. The molecule has 54 heavy (non-hydrogen) atoms. The number of unbranched alkanes of at least 4 members (excludes halogenated alkanes) is 2. The van der Waals surface area contributed by atoms with E-state index in [-0.39, 0.29) is 29.4 Å². The molecule has 6 bridgehead atoms. The number of hydrogen-bond acceptors (Lipinski definition) is 7. The summed E-state index contributed by atoms with van der Waals surface area (Å²) >= 11 is 0. The topological polar surface area (TPSA) is 111 Å². The van der Waals surface area contributed by atoms with Crippen molar-refractivity contribution in [3.63, 3.8) is 0 Å². The van der Waals surface area contributed by atoms with Gasteiger partial charge in [0.05, 0.1) is 31.6 Å². The fourth-order valence-corrected chi connectivity index (χ4v) is 10.4. The van der Waals surface area contributed by atoms with Crippen LogP contribution in [-0.2, 0) is 40.8 Å². The van der Waals surface area contributed by atoms with Gasteiger partial charge in [-0.1, -0.05) is 68.7 Å². The number of rotatable bonds is 5. The largest absolute Gasteiger partial charge is 0.504 e. The van der Waals surface area contributed by atoms with Gasteiger partial charge in [0.25, 0.3) is 0 Å². The summed E-state index contributed by atoms with van der Waals surface area (Å²) in [5, 5.41) is 28.7. The van der Waals surface area contributed by atoms with Gasteiger partial charge in [0, 0.05) is 46.3 Å². The zero-order valence-electron chi connectivity index (χ0n) is 31.6. The highest BCUT2D eigenvalue weighted by Crippen LogP contribution is 2.52. The molecular weight excluding hydrogens is 675 g/mol. The maximum Gasteiger partial charge on any atom is 0.164 e. The molecule has 4 aromatic rings. The number of fused-ring (bicyclic) bond motifs is 9. The zero-order chi connectivity index (χ0) is 36.8. The van der Waals surface area contributed by atoms with Crippen molar-refractivity contribution in [1.29, 1.82) is 0 Å². The number of phenolic OH excluding ortho intramolecular Hbond substituents is 1. The average molecular weight is 730 g/mol. The van der Waals surface area contributed by atoms with Gasteiger partial charge in [0.15, 0.2) is 11.5 Å². The molecule has 0 spiro atoms. The molecule has 0 saturated carbocycles. The molecule has 4 aliphatic heterocycles. The molecule has 284 valence electrons. The van der Waals surface area contributed by atoms with Crippen molar-refractivity contribution in [2.45, 2.75) is 108 Å². The van der Waals surface area contributed by atoms with Gasteiger partial charge in [-0.2, -0.15) is 0 Å². The molecule has 6 aliphatic rings. The maximum absolute atomic E-state index is 11.7. The minimum absolute atomic E-state index is 0.0637. The first-order chi connectivity index (χ1) is 26.4. The number of aliphatic hydroxyl groups excluding tert-OH is 1. The van der Waals surface area contributed by atoms with E-state index in [9.17, 15) is 10.2 Å². The maximum atomic E-state index is 11.7. The van der Waals surface area contributed by atoms with Crippen LogP contribution in [0, 0.1) is 11.8 Å². The zero-order valence-corrected chi connectivity index (χ0v) is 31.6. The number of aromatic nitrogens is 1. The first-order valence-corrected chi connectivity index (χ1v) is 20.4. The average Bonchev–Trinajstić information content (AvgIpc) is 3.63. The van der Waals surface area contributed by atoms with E-state index >= 15 is 0 Å². The van der Waals surface area contributed by atoms with Crippen molar-refractivity contribution in [2.24, 2.45) is 17.6 Å². The van der Waals surface area contributed by atoms with E-state index in [1.165, 1.54) is 16.7 Å². The summed E-state index contributed by atoms with van der Waals surface area (Å²) in [6, 6.07) is 17.6. The number of dihydropyridines is 1. The van der Waals surface area contributed by atoms with Crippen molar-refractivity contribution in [2.75, 3.05) is 19.8 Å². The van der Waals surface area contributed by atoms with E-state index in [0.29, 0.717) is 31.3 Å². The van der Waals surface area contributed by atoms with Crippen LogP contribution in [0.3, 0.4) is 0 Å². The second-order valence-electron chi connectivity index (χ2n) is 16.5. The first-order valence-electron chi connectivity index (χ1n) is 20.4. The Morgan fingerprint density at radius 1 is 1.00 bits per heavy atom. The smallest absolute Gasteiger partial charge is 0.164 e. The molecule has 1 aromatic heterocycles. The third-order valence-electron chi connectivity index (χ3n) is 13.3. The van der Waals surface area contributed by atoms with Crippen molar-refractivity contribution in [1.82, 2.24) is 9.88 Å². The quantitative estimate of drug-likeness (QED) is 0.156. The molecule has 1 unspecified atom stereocenters. The molecule has 3 aromatic carbocycles. The van der Waals surface area contributed by atoms with Crippen LogP contribution in [0.25, 0.3) is 16.6 Å². The number of nitrogens with zero attached hydrogens (tertiary/aromatic N) is 1. The van der Waals surface area contributed by atoms with Crippen molar-refractivity contribution in [3.05, 3.63) is 112 Å². The van der Waals surface area contributed by atoms with E-state index in [4.69, 9.17) is 19.9 Å². The molecule has 1 saturated heterocycles. The second kappa shape index (κ2) is 14.9. The van der Waals surface area contributed by atoms with Crippen LogP contribution in [0.4, 0.5) is 0 Å². The Labute approximate surface area is 319 Å². The van der Waals surface area contributed by atoms with Gasteiger partial charge in [0.1, 0.15) is 12.4 Å². The standard InChI is InChI=1S/C46H55N3O5/c1-2-3-4-8-37-23-42(51)31-11-15-38-30(20-31)12-16-41(50)44(38)54-27-34-22-36(46-18-19-52-28-35(46)14-10-29-7-5-6-9-40(29)46)21-33-24-49(25-39(33)34)45-32(26-53-37)13-17-43(47)48-45/h5-7,9,12-13,16-17,21-22,24-25,31,35,37,42-43,48,50-51H,2-4,8,10-11,14-15,18-20,23,26-28,47H2,1H3/t31-,35-,37+,42+,43?,46-/m1/s1. The minimum Gasteiger partial charge on any atom is -0.504 e. The van der Waals surface area contributed by atoms with Gasteiger partial charge in [0.2, 0.25) is 0 Å². The van der Waals surface area contributed by atoms with Crippen molar-refractivity contribution in [3.8, 4) is 11.5 Å². The Morgan fingerprint density at radius 3 is 2.81 bits per heavy atom. The monoisotopic (exact) mass is 729 g/mol. The van der Waals surface area contributed by atoms with Crippen LogP contribution in [0.2, 0.25) is 0 Å². The molecule has 5 heterocycles. The van der Waals surface area contributed by atoms with Gasteiger partial charge >= 0.3 is 0 Å². The van der Waals surface area contributed by atoms with E-state index in [1.807, 2.05) is 12.1 Å². The Hall–Kier alpha value is -4.08. The normalized spacial score (nSPS) is 28.1. The van der Waals surface area contributed by atoms with Gasteiger partial charge in [-0.15, -0.1) is 0 Å². The molecule has 5 N–H and O–H groups in total. The van der Waals surface area contributed by atoms with Crippen LogP contribution in [0.1, 0.15) is 91.7 Å². The molecule has 6 atom stereocenters. The first kappa shape index (κ1) is 35.6. The van der Waals surface area contributed by atoms with Gasteiger partial charge < -0.3 is 40.0 Å². The molecular formula is C46H55N3O5. The highest BCUT2D eigenvalue weighted by atomic mass is 16.5. The molecule has 8 heteroatoms. The number of nitrogens with two attached hydrogens (primary N) is 1. The number of hydrogen-bond donors (Lipinski definition) is 4. The molecule has 8 nitrogen and oxygen atoms in total. The SMILES string of the molecule is CCCCC[C@H]1C[C@H](O)[C@@H]2CCc3c(ccc(O)c3OCc3cc([C@@]45CCOC[C@H]4CCc4ccccc45)cc4cn(cc34)C3=C(C=CC(N)N3)CO1)C2. The summed E-state index contributed by atoms with van der Waals surface area (Å²) < 4.78 is 21.9. The summed E-state index contributed by atoms with van der Waals surface area (Å²) in [7, 11) is 0. The van der Waals surface area contributed by atoms with Gasteiger partial charge in [-0.25, -0.2) is 0 Å². The lowest BCUT2D eigenvalue weighted by Crippen LogP contribution is -2.47. The fraction of sp³-hybridized carbons (Fsp3) is 0.478. The summed E-state index contributed by atoms with van der Waals surface area (Å²) in [4.78, 5) is 0.